The normalized spacial score (nSPS) is 11.2. The molecule has 0 aliphatic carbocycles. The van der Waals surface area contributed by atoms with Crippen LogP contribution in [0.5, 0.6) is 0 Å². The molecule has 18 heavy (non-hydrogen) atoms. The van der Waals surface area contributed by atoms with Crippen molar-refractivity contribution in [2.45, 2.75) is 6.04 Å². The van der Waals surface area contributed by atoms with Gasteiger partial charge in [-0.05, 0) is 0 Å². The van der Waals surface area contributed by atoms with Gasteiger partial charge in [0.2, 0.25) is 11.8 Å². The van der Waals surface area contributed by atoms with Gasteiger partial charge in [-0.1, -0.05) is 0 Å². The first kappa shape index (κ1) is 15.6. The molecule has 102 valence electrons. The number of aliphatic carboxylic acids is 1. The molecule has 0 aromatic rings. The molecule has 0 unspecified atom stereocenters. The smallest absolute Gasteiger partial charge is 0.322 e. The maximum absolute atomic E-state index is 11.4. The van der Waals surface area contributed by atoms with Crippen LogP contribution in [0.3, 0.4) is 0 Å². The highest BCUT2D eigenvalue weighted by Gasteiger charge is 2.22. The Balaban J connectivity index is 4.42. The van der Waals surface area contributed by atoms with Crippen molar-refractivity contribution in [3.8, 4) is 0 Å². The highest BCUT2D eigenvalue weighted by molar-refractivity contribution is 5.89. The van der Waals surface area contributed by atoms with Gasteiger partial charge in [0.1, 0.15) is 19.2 Å². The summed E-state index contributed by atoms with van der Waals surface area (Å²) in [4.78, 5) is 46.4. The van der Waals surface area contributed by atoms with Gasteiger partial charge in [0.15, 0.2) is 0 Å². The lowest BCUT2D eigenvalue weighted by molar-refractivity contribution is -0.757. The third kappa shape index (κ3) is 6.95. The Morgan fingerprint density at radius 3 is 2.50 bits per heavy atom. The number of carboxylic acids is 1. The second-order valence-electron chi connectivity index (χ2n) is 2.96. The molecule has 0 spiro atoms. The van der Waals surface area contributed by atoms with Crippen molar-refractivity contribution >= 4 is 17.8 Å². The van der Waals surface area contributed by atoms with Crippen LogP contribution in [0.4, 0.5) is 0 Å². The molecule has 0 bridgehead atoms. The first-order valence-electron chi connectivity index (χ1n) is 4.63. The summed E-state index contributed by atoms with van der Waals surface area (Å²) in [5.74, 6) is -2.97. The van der Waals surface area contributed by atoms with Crippen LogP contribution in [-0.2, 0) is 19.2 Å². The summed E-state index contributed by atoms with van der Waals surface area (Å²) in [5, 5.41) is 21.1. The second kappa shape index (κ2) is 7.78. The van der Waals surface area contributed by atoms with Crippen molar-refractivity contribution in [3.05, 3.63) is 10.1 Å². The largest absolute Gasteiger partial charge is 0.480 e. The number of nitrogens with two attached hydrogens (primary N) is 1. The molecule has 0 heterocycles. The van der Waals surface area contributed by atoms with Crippen molar-refractivity contribution < 1.29 is 29.4 Å². The van der Waals surface area contributed by atoms with Crippen LogP contribution in [0.1, 0.15) is 0 Å². The fourth-order valence-corrected chi connectivity index (χ4v) is 0.857. The first-order valence-corrected chi connectivity index (χ1v) is 4.63. The molecule has 0 rings (SSSR count). The van der Waals surface area contributed by atoms with Crippen LogP contribution in [0.2, 0.25) is 0 Å². The summed E-state index contributed by atoms with van der Waals surface area (Å²) in [6.45, 7) is -1.86. The fraction of sp³-hybridized carbons (Fsp3) is 0.571. The minimum Gasteiger partial charge on any atom is -0.480 e. The number of hydrogen-bond acceptors (Lipinski definition) is 7. The van der Waals surface area contributed by atoms with E-state index in [-0.39, 0.29) is 0 Å². The Morgan fingerprint density at radius 2 is 2.06 bits per heavy atom. The number of nitrogens with zero attached hydrogens (tertiary/aromatic N) is 1. The number of rotatable bonds is 8. The van der Waals surface area contributed by atoms with Crippen molar-refractivity contribution in [2.75, 3.05) is 19.7 Å². The summed E-state index contributed by atoms with van der Waals surface area (Å²) in [7, 11) is 0. The van der Waals surface area contributed by atoms with Gasteiger partial charge >= 0.3 is 5.97 Å². The number of nitrogens with one attached hydrogen (secondary N) is 2. The number of carboxylic acid groups (broad SMARTS) is 1. The van der Waals surface area contributed by atoms with Crippen LogP contribution in [-0.4, -0.2) is 53.7 Å². The van der Waals surface area contributed by atoms with E-state index in [1.165, 1.54) is 0 Å². The Labute approximate surface area is 100 Å². The Morgan fingerprint density at radius 1 is 1.44 bits per heavy atom. The molecule has 0 aromatic heterocycles. The molecule has 0 aliphatic rings. The maximum Gasteiger partial charge on any atom is 0.322 e. The third-order valence-corrected chi connectivity index (χ3v) is 1.60. The van der Waals surface area contributed by atoms with E-state index >= 15 is 0 Å². The van der Waals surface area contributed by atoms with E-state index in [0.717, 1.165) is 0 Å². The molecule has 0 saturated carbocycles. The summed E-state index contributed by atoms with van der Waals surface area (Å²) >= 11 is 0. The van der Waals surface area contributed by atoms with Crippen LogP contribution in [0.25, 0.3) is 0 Å². The van der Waals surface area contributed by atoms with E-state index in [1.54, 1.807) is 0 Å². The maximum atomic E-state index is 11.4. The van der Waals surface area contributed by atoms with Gasteiger partial charge in [-0.2, -0.15) is 0 Å². The third-order valence-electron chi connectivity index (χ3n) is 1.60. The molecule has 0 fully saturated rings. The molecule has 0 radical (unpaired) electrons. The average Bonchev–Trinajstić information content (AvgIpc) is 2.30. The number of amides is 2. The minimum atomic E-state index is -1.40. The molecule has 0 aliphatic heterocycles. The van der Waals surface area contributed by atoms with Crippen LogP contribution < -0.4 is 16.4 Å². The zero-order valence-corrected chi connectivity index (χ0v) is 9.12. The zero-order chi connectivity index (χ0) is 14.1. The van der Waals surface area contributed by atoms with E-state index in [1.807, 2.05) is 10.6 Å². The lowest BCUT2D eigenvalue weighted by Crippen LogP contribution is -2.51. The van der Waals surface area contributed by atoms with Gasteiger partial charge < -0.3 is 26.3 Å². The lowest BCUT2D eigenvalue weighted by Gasteiger charge is -2.16. The molecule has 1 atom stereocenters. The van der Waals surface area contributed by atoms with Crippen molar-refractivity contribution in [3.63, 3.8) is 0 Å². The van der Waals surface area contributed by atoms with Gasteiger partial charge in [0.05, 0.1) is 6.54 Å². The average molecular weight is 264 g/mol. The molecular formula is C7H12N4O7. The second-order valence-corrected chi connectivity index (χ2v) is 2.96. The van der Waals surface area contributed by atoms with E-state index < -0.39 is 48.6 Å². The van der Waals surface area contributed by atoms with Gasteiger partial charge in [-0.15, -0.1) is 10.1 Å². The van der Waals surface area contributed by atoms with Gasteiger partial charge in [-0.25, -0.2) is 0 Å². The molecular weight excluding hydrogens is 252 g/mol. The fourth-order valence-electron chi connectivity index (χ4n) is 0.857. The summed E-state index contributed by atoms with van der Waals surface area (Å²) in [6.07, 6.45) is 0. The number of carbonyl (C=O) groups excluding carboxylic acids is 2. The van der Waals surface area contributed by atoms with Crippen LogP contribution >= 0.6 is 0 Å². The lowest BCUT2D eigenvalue weighted by atomic mass is 10.3. The molecule has 0 saturated heterocycles. The molecule has 11 nitrogen and oxygen atoms in total. The van der Waals surface area contributed by atoms with Gasteiger partial charge in [-0.3, -0.25) is 14.4 Å². The SMILES string of the molecule is NCC(=O)N[C@@H](CO[N+](=O)[O-])C(=O)NCC(=O)O. The monoisotopic (exact) mass is 264 g/mol. The number of hydrogen-bond donors (Lipinski definition) is 4. The molecule has 11 heteroatoms. The van der Waals surface area contributed by atoms with Gasteiger partial charge in [0, 0.05) is 0 Å². The summed E-state index contributed by atoms with van der Waals surface area (Å²) in [5.41, 5.74) is 4.99. The quantitative estimate of drug-likeness (QED) is 0.262. The van der Waals surface area contributed by atoms with Crippen molar-refractivity contribution in [2.24, 2.45) is 5.73 Å². The van der Waals surface area contributed by atoms with Crippen LogP contribution in [0.15, 0.2) is 0 Å². The number of carbonyl (C=O) groups is 3. The predicted molar refractivity (Wildman–Crippen MR) is 54.6 cm³/mol. The van der Waals surface area contributed by atoms with Crippen LogP contribution in [0, 0.1) is 10.1 Å². The van der Waals surface area contributed by atoms with E-state index in [2.05, 4.69) is 4.84 Å². The van der Waals surface area contributed by atoms with E-state index in [0.29, 0.717) is 0 Å². The molecule has 2 amide bonds. The van der Waals surface area contributed by atoms with E-state index in [9.17, 15) is 24.5 Å². The summed E-state index contributed by atoms with van der Waals surface area (Å²) < 4.78 is 0. The van der Waals surface area contributed by atoms with E-state index in [4.69, 9.17) is 10.8 Å². The highest BCUT2D eigenvalue weighted by atomic mass is 16.9. The zero-order valence-electron chi connectivity index (χ0n) is 9.12. The van der Waals surface area contributed by atoms with Crippen molar-refractivity contribution in [1.82, 2.24) is 10.6 Å². The Kier molecular flexibility index (Phi) is 6.73. The summed E-state index contributed by atoms with van der Waals surface area (Å²) in [6, 6.07) is -1.40. The minimum absolute atomic E-state index is 0.429. The standard InChI is InChI=1S/C7H12N4O7/c8-1-5(12)10-4(3-18-11(16)17)7(15)9-2-6(13)14/h4H,1-3,8H2,(H,9,15)(H,10,12)(H,13,14)/t4-/m0/s1. The first-order chi connectivity index (χ1) is 8.36. The topological polar surface area (TPSA) is 174 Å². The molecule has 0 aromatic carbocycles. The van der Waals surface area contributed by atoms with Crippen molar-refractivity contribution in [1.29, 1.82) is 0 Å². The predicted octanol–water partition coefficient (Wildman–Crippen LogP) is -3.16. The highest BCUT2D eigenvalue weighted by Crippen LogP contribution is 1.88. The van der Waals surface area contributed by atoms with Gasteiger partial charge in [0.25, 0.3) is 5.09 Å². The molecule has 5 N–H and O–H groups in total. The Hall–Kier alpha value is -2.43. The Bertz CT molecular complexity index is 345.